The average Bonchev–Trinajstić information content (AvgIpc) is 2.76. The molecule has 0 aromatic carbocycles. The molecule has 1 fully saturated rings. The molecular weight excluding hydrogens is 258 g/mol. The Morgan fingerprint density at radius 2 is 2.30 bits per heavy atom. The molecule has 0 radical (unpaired) electrons. The number of amides is 2. The summed E-state index contributed by atoms with van der Waals surface area (Å²) in [6, 6.07) is 0.0949. The number of carbonyl (C=O) groups excluding carboxylic acids is 1. The SMILES string of the molecule is Cc1noc(C)c1[C@H](C)CNC(=O)N1CCOC[C@@H]1C. The van der Waals surface area contributed by atoms with Crippen LogP contribution in [0.4, 0.5) is 4.79 Å². The minimum absolute atomic E-state index is 0.0283. The number of hydrogen-bond acceptors (Lipinski definition) is 4. The first kappa shape index (κ1) is 14.8. The lowest BCUT2D eigenvalue weighted by molar-refractivity contribution is 0.0190. The van der Waals surface area contributed by atoms with E-state index in [1.54, 1.807) is 0 Å². The van der Waals surface area contributed by atoms with Gasteiger partial charge in [-0.3, -0.25) is 0 Å². The zero-order chi connectivity index (χ0) is 14.7. The highest BCUT2D eigenvalue weighted by atomic mass is 16.5. The van der Waals surface area contributed by atoms with E-state index in [0.29, 0.717) is 26.3 Å². The Bertz CT molecular complexity index is 453. The van der Waals surface area contributed by atoms with E-state index in [9.17, 15) is 4.79 Å². The summed E-state index contributed by atoms with van der Waals surface area (Å²) in [7, 11) is 0. The molecule has 1 aromatic rings. The van der Waals surface area contributed by atoms with Crippen LogP contribution >= 0.6 is 0 Å². The van der Waals surface area contributed by atoms with Crippen LogP contribution in [-0.2, 0) is 4.74 Å². The van der Waals surface area contributed by atoms with Crippen LogP contribution in [0.25, 0.3) is 0 Å². The number of morpholine rings is 1. The standard InChI is InChI=1S/C14H23N3O3/c1-9(13-11(3)16-20-12(13)4)7-15-14(18)17-5-6-19-8-10(17)2/h9-10H,5-8H2,1-4H3,(H,15,18)/t9-,10+/m1/s1. The van der Waals surface area contributed by atoms with E-state index >= 15 is 0 Å². The first-order valence-corrected chi connectivity index (χ1v) is 7.05. The zero-order valence-corrected chi connectivity index (χ0v) is 12.6. The predicted molar refractivity (Wildman–Crippen MR) is 74.8 cm³/mol. The highest BCUT2D eigenvalue weighted by Gasteiger charge is 2.24. The second-order valence-corrected chi connectivity index (χ2v) is 5.44. The fraction of sp³-hybridized carbons (Fsp3) is 0.714. The number of urea groups is 1. The van der Waals surface area contributed by atoms with Gasteiger partial charge in [0, 0.05) is 24.6 Å². The largest absolute Gasteiger partial charge is 0.377 e. The van der Waals surface area contributed by atoms with E-state index in [2.05, 4.69) is 17.4 Å². The van der Waals surface area contributed by atoms with Crippen LogP contribution in [0, 0.1) is 13.8 Å². The molecule has 1 saturated heterocycles. The van der Waals surface area contributed by atoms with Gasteiger partial charge in [0.15, 0.2) is 0 Å². The molecule has 0 bridgehead atoms. The Labute approximate surface area is 119 Å². The quantitative estimate of drug-likeness (QED) is 0.917. The lowest BCUT2D eigenvalue weighted by Crippen LogP contribution is -2.51. The molecule has 2 heterocycles. The highest BCUT2D eigenvalue weighted by molar-refractivity contribution is 5.74. The third-order valence-corrected chi connectivity index (χ3v) is 3.77. The van der Waals surface area contributed by atoms with Crippen LogP contribution in [0.2, 0.25) is 0 Å². The average molecular weight is 281 g/mol. The van der Waals surface area contributed by atoms with Crippen molar-refractivity contribution >= 4 is 6.03 Å². The van der Waals surface area contributed by atoms with E-state index in [1.165, 1.54) is 0 Å². The van der Waals surface area contributed by atoms with Gasteiger partial charge in [-0.1, -0.05) is 12.1 Å². The predicted octanol–water partition coefficient (Wildman–Crippen LogP) is 1.83. The monoisotopic (exact) mass is 281 g/mol. The highest BCUT2D eigenvalue weighted by Crippen LogP contribution is 2.22. The van der Waals surface area contributed by atoms with Crippen molar-refractivity contribution in [1.82, 2.24) is 15.4 Å². The van der Waals surface area contributed by atoms with Gasteiger partial charge < -0.3 is 19.5 Å². The maximum Gasteiger partial charge on any atom is 0.317 e. The second-order valence-electron chi connectivity index (χ2n) is 5.44. The Kier molecular flexibility index (Phi) is 4.65. The van der Waals surface area contributed by atoms with E-state index in [-0.39, 0.29) is 18.0 Å². The Morgan fingerprint density at radius 1 is 1.55 bits per heavy atom. The summed E-state index contributed by atoms with van der Waals surface area (Å²) in [5.41, 5.74) is 1.98. The number of hydrogen-bond donors (Lipinski definition) is 1. The van der Waals surface area contributed by atoms with E-state index in [1.807, 2.05) is 25.7 Å². The fourth-order valence-electron chi connectivity index (χ4n) is 2.67. The van der Waals surface area contributed by atoms with E-state index < -0.39 is 0 Å². The maximum absolute atomic E-state index is 12.2. The van der Waals surface area contributed by atoms with Crippen molar-refractivity contribution in [2.24, 2.45) is 0 Å². The summed E-state index contributed by atoms with van der Waals surface area (Å²) in [6.07, 6.45) is 0. The van der Waals surface area contributed by atoms with Gasteiger partial charge in [0.2, 0.25) is 0 Å². The summed E-state index contributed by atoms with van der Waals surface area (Å²) in [6.45, 7) is 10.3. The molecule has 6 heteroatoms. The third kappa shape index (κ3) is 3.12. The molecule has 0 unspecified atom stereocenters. The topological polar surface area (TPSA) is 67.6 Å². The zero-order valence-electron chi connectivity index (χ0n) is 12.6. The van der Waals surface area contributed by atoms with Gasteiger partial charge in [0.1, 0.15) is 5.76 Å². The van der Waals surface area contributed by atoms with Crippen molar-refractivity contribution in [3.8, 4) is 0 Å². The molecule has 1 aromatic heterocycles. The number of nitrogens with zero attached hydrogens (tertiary/aromatic N) is 2. The Hall–Kier alpha value is -1.56. The number of aromatic nitrogens is 1. The molecule has 2 amide bonds. The van der Waals surface area contributed by atoms with Crippen molar-refractivity contribution in [3.05, 3.63) is 17.0 Å². The molecule has 0 aliphatic carbocycles. The Morgan fingerprint density at radius 3 is 2.90 bits per heavy atom. The van der Waals surface area contributed by atoms with Crippen LogP contribution in [0.15, 0.2) is 4.52 Å². The summed E-state index contributed by atoms with van der Waals surface area (Å²) in [5.74, 6) is 1.01. The molecule has 0 spiro atoms. The van der Waals surface area contributed by atoms with Crippen LogP contribution in [-0.4, -0.2) is 48.4 Å². The summed E-state index contributed by atoms with van der Waals surface area (Å²) >= 11 is 0. The first-order chi connectivity index (χ1) is 9.50. The summed E-state index contributed by atoms with van der Waals surface area (Å²) < 4.78 is 10.5. The van der Waals surface area contributed by atoms with Crippen molar-refractivity contribution in [3.63, 3.8) is 0 Å². The number of nitrogens with one attached hydrogen (secondary N) is 1. The van der Waals surface area contributed by atoms with Crippen LogP contribution in [0.1, 0.15) is 36.8 Å². The molecule has 20 heavy (non-hydrogen) atoms. The Balaban J connectivity index is 1.90. The number of aryl methyl sites for hydroxylation is 2. The molecule has 1 N–H and O–H groups in total. The summed E-state index contributed by atoms with van der Waals surface area (Å²) in [4.78, 5) is 14.0. The third-order valence-electron chi connectivity index (χ3n) is 3.77. The number of ether oxygens (including phenoxy) is 1. The molecule has 2 atom stereocenters. The summed E-state index contributed by atoms with van der Waals surface area (Å²) in [5, 5.41) is 6.94. The molecule has 2 rings (SSSR count). The van der Waals surface area contributed by atoms with Gasteiger partial charge in [0.05, 0.1) is 24.9 Å². The van der Waals surface area contributed by atoms with Gasteiger partial charge in [-0.2, -0.15) is 0 Å². The maximum atomic E-state index is 12.2. The van der Waals surface area contributed by atoms with Crippen LogP contribution in [0.5, 0.6) is 0 Å². The molecule has 0 saturated carbocycles. The van der Waals surface area contributed by atoms with Crippen LogP contribution in [0.3, 0.4) is 0 Å². The molecule has 112 valence electrons. The first-order valence-electron chi connectivity index (χ1n) is 7.05. The smallest absolute Gasteiger partial charge is 0.317 e. The minimum Gasteiger partial charge on any atom is -0.377 e. The van der Waals surface area contributed by atoms with Crippen molar-refractivity contribution < 1.29 is 14.1 Å². The van der Waals surface area contributed by atoms with Gasteiger partial charge in [0.25, 0.3) is 0 Å². The molecule has 6 nitrogen and oxygen atoms in total. The van der Waals surface area contributed by atoms with Gasteiger partial charge in [-0.05, 0) is 20.8 Å². The van der Waals surface area contributed by atoms with Crippen molar-refractivity contribution in [2.75, 3.05) is 26.3 Å². The number of rotatable bonds is 3. The van der Waals surface area contributed by atoms with Gasteiger partial charge in [-0.15, -0.1) is 0 Å². The van der Waals surface area contributed by atoms with Crippen molar-refractivity contribution in [2.45, 2.75) is 39.7 Å². The second kappa shape index (κ2) is 6.26. The molecule has 1 aliphatic heterocycles. The van der Waals surface area contributed by atoms with E-state index in [0.717, 1.165) is 17.0 Å². The van der Waals surface area contributed by atoms with Crippen molar-refractivity contribution in [1.29, 1.82) is 0 Å². The van der Waals surface area contributed by atoms with Gasteiger partial charge in [-0.25, -0.2) is 4.79 Å². The lowest BCUT2D eigenvalue weighted by atomic mass is 10.00. The molecular formula is C14H23N3O3. The van der Waals surface area contributed by atoms with Crippen LogP contribution < -0.4 is 5.32 Å². The van der Waals surface area contributed by atoms with Gasteiger partial charge >= 0.3 is 6.03 Å². The fourth-order valence-corrected chi connectivity index (χ4v) is 2.67. The molecule has 1 aliphatic rings. The van der Waals surface area contributed by atoms with E-state index in [4.69, 9.17) is 9.26 Å². The lowest BCUT2D eigenvalue weighted by Gasteiger charge is -2.33. The normalized spacial score (nSPS) is 20.8. The number of carbonyl (C=O) groups is 1. The minimum atomic E-state index is -0.0283.